The van der Waals surface area contributed by atoms with Gasteiger partial charge in [0.1, 0.15) is 9.88 Å². The Labute approximate surface area is 181 Å². The molecule has 0 aromatic carbocycles. The summed E-state index contributed by atoms with van der Waals surface area (Å²) in [6, 6.07) is 0.266. The molecule has 8 heteroatoms. The average molecular weight is 439 g/mol. The van der Waals surface area contributed by atoms with Crippen molar-refractivity contribution in [2.45, 2.75) is 59.4 Å². The molecule has 29 heavy (non-hydrogen) atoms. The van der Waals surface area contributed by atoms with Gasteiger partial charge >= 0.3 is 11.9 Å². The molecule has 2 saturated carbocycles. The van der Waals surface area contributed by atoms with Crippen LogP contribution in [-0.4, -0.2) is 36.3 Å². The molecule has 0 amide bonds. The van der Waals surface area contributed by atoms with Gasteiger partial charge in [0.25, 0.3) is 0 Å². The Hall–Kier alpha value is -1.67. The summed E-state index contributed by atoms with van der Waals surface area (Å²) in [7, 11) is 0. The van der Waals surface area contributed by atoms with Gasteiger partial charge in [0, 0.05) is 6.04 Å². The largest absolute Gasteiger partial charge is 0.462 e. The van der Waals surface area contributed by atoms with Gasteiger partial charge < -0.3 is 20.1 Å². The number of fused-ring (bicyclic) bond motifs is 2. The lowest BCUT2D eigenvalue weighted by Gasteiger charge is -2.29. The third kappa shape index (κ3) is 4.74. The van der Waals surface area contributed by atoms with Crippen molar-refractivity contribution in [1.29, 1.82) is 0 Å². The van der Waals surface area contributed by atoms with Crippen LogP contribution in [0, 0.1) is 24.7 Å². The molecule has 0 radical (unpaired) electrons. The predicted molar refractivity (Wildman–Crippen MR) is 119 cm³/mol. The Morgan fingerprint density at radius 3 is 2.45 bits per heavy atom. The van der Waals surface area contributed by atoms with Crippen LogP contribution in [0.2, 0.25) is 0 Å². The van der Waals surface area contributed by atoms with E-state index in [1.54, 1.807) is 20.8 Å². The van der Waals surface area contributed by atoms with Crippen molar-refractivity contribution in [2.24, 2.45) is 17.8 Å². The number of rotatable bonds is 7. The van der Waals surface area contributed by atoms with E-state index in [0.29, 0.717) is 32.0 Å². The maximum Gasteiger partial charge on any atom is 0.348 e. The Balaban J connectivity index is 1.74. The van der Waals surface area contributed by atoms with Crippen molar-refractivity contribution in [3.63, 3.8) is 0 Å². The van der Waals surface area contributed by atoms with Gasteiger partial charge in [-0.2, -0.15) is 0 Å². The van der Waals surface area contributed by atoms with Gasteiger partial charge in [0.05, 0.1) is 18.8 Å². The minimum atomic E-state index is -0.469. The fraction of sp³-hybridized carbons (Fsp3) is 0.667. The van der Waals surface area contributed by atoms with E-state index in [1.165, 1.54) is 37.0 Å². The molecule has 0 saturated heterocycles. The van der Waals surface area contributed by atoms with E-state index in [-0.39, 0.29) is 19.3 Å². The van der Waals surface area contributed by atoms with Gasteiger partial charge in [-0.3, -0.25) is 0 Å². The molecule has 6 nitrogen and oxygen atoms in total. The van der Waals surface area contributed by atoms with Crippen molar-refractivity contribution in [3.8, 4) is 0 Å². The second kappa shape index (κ2) is 9.43. The fourth-order valence-electron chi connectivity index (χ4n) is 4.80. The van der Waals surface area contributed by atoms with Crippen molar-refractivity contribution < 1.29 is 19.1 Å². The summed E-state index contributed by atoms with van der Waals surface area (Å²) in [6.07, 6.45) is 5.30. The second-order valence-corrected chi connectivity index (χ2v) is 9.36. The van der Waals surface area contributed by atoms with E-state index in [4.69, 9.17) is 21.7 Å². The van der Waals surface area contributed by atoms with Gasteiger partial charge in [-0.1, -0.05) is 6.42 Å². The van der Waals surface area contributed by atoms with Crippen molar-refractivity contribution in [2.75, 3.05) is 18.5 Å². The number of ether oxygens (including phenoxy) is 2. The molecule has 3 rings (SSSR count). The summed E-state index contributed by atoms with van der Waals surface area (Å²) in [6.45, 7) is 7.94. The number of nitrogens with one attached hydrogen (secondary N) is 2. The quantitative estimate of drug-likeness (QED) is 0.479. The highest BCUT2D eigenvalue weighted by molar-refractivity contribution is 7.80. The highest BCUT2D eigenvalue weighted by atomic mass is 32.1. The van der Waals surface area contributed by atoms with Gasteiger partial charge in [0.2, 0.25) is 0 Å². The molecule has 1 aromatic heterocycles. The number of anilines is 1. The van der Waals surface area contributed by atoms with Crippen molar-refractivity contribution in [3.05, 3.63) is 16.0 Å². The van der Waals surface area contributed by atoms with Gasteiger partial charge in [-0.25, -0.2) is 9.59 Å². The lowest BCUT2D eigenvalue weighted by molar-refractivity contribution is 0.0527. The van der Waals surface area contributed by atoms with Gasteiger partial charge in [0.15, 0.2) is 5.11 Å². The molecular formula is C21H30N2O4S2. The van der Waals surface area contributed by atoms with Crippen LogP contribution in [0.1, 0.15) is 72.0 Å². The summed E-state index contributed by atoms with van der Waals surface area (Å²) in [5, 5.41) is 7.51. The van der Waals surface area contributed by atoms with Crippen LogP contribution in [0.4, 0.5) is 5.00 Å². The number of esters is 2. The molecule has 2 aliphatic rings. The highest BCUT2D eigenvalue weighted by Gasteiger charge is 2.42. The van der Waals surface area contributed by atoms with Crippen LogP contribution in [0.15, 0.2) is 0 Å². The SMILES string of the molecule is CCOC(=O)c1sc(NC(=S)NC(C)C2CC3CCC2C3)c(C(=O)OCC)c1C. The van der Waals surface area contributed by atoms with E-state index in [9.17, 15) is 9.59 Å². The Morgan fingerprint density at radius 2 is 1.86 bits per heavy atom. The van der Waals surface area contributed by atoms with Crippen molar-refractivity contribution in [1.82, 2.24) is 5.32 Å². The van der Waals surface area contributed by atoms with Crippen molar-refractivity contribution >= 4 is 45.6 Å². The summed E-state index contributed by atoms with van der Waals surface area (Å²) in [5.41, 5.74) is 0.898. The number of thiocarbonyl (C=S) groups is 1. The number of carbonyl (C=O) groups is 2. The molecule has 2 N–H and O–H groups in total. The minimum Gasteiger partial charge on any atom is -0.462 e. The van der Waals surface area contributed by atoms with Crippen LogP contribution in [-0.2, 0) is 9.47 Å². The molecule has 1 heterocycles. The van der Waals surface area contributed by atoms with E-state index < -0.39 is 11.9 Å². The van der Waals surface area contributed by atoms with Crippen LogP contribution < -0.4 is 10.6 Å². The zero-order valence-electron chi connectivity index (χ0n) is 17.5. The summed E-state index contributed by atoms with van der Waals surface area (Å²) < 4.78 is 10.3. The van der Waals surface area contributed by atoms with Crippen LogP contribution in [0.5, 0.6) is 0 Å². The smallest absolute Gasteiger partial charge is 0.348 e. The van der Waals surface area contributed by atoms with Gasteiger partial charge in [-0.05, 0) is 82.5 Å². The lowest BCUT2D eigenvalue weighted by atomic mass is 9.84. The first-order valence-corrected chi connectivity index (χ1v) is 11.6. The zero-order valence-corrected chi connectivity index (χ0v) is 19.1. The second-order valence-electron chi connectivity index (χ2n) is 7.93. The van der Waals surface area contributed by atoms with E-state index >= 15 is 0 Å². The molecule has 4 atom stereocenters. The van der Waals surface area contributed by atoms with Gasteiger partial charge in [-0.15, -0.1) is 11.3 Å². The molecule has 2 aliphatic carbocycles. The minimum absolute atomic E-state index is 0.256. The maximum atomic E-state index is 12.5. The number of carbonyl (C=O) groups excluding carboxylic acids is 2. The third-order valence-electron chi connectivity index (χ3n) is 6.11. The molecule has 1 aromatic rings. The first kappa shape index (κ1) is 22.0. The molecule has 4 unspecified atom stereocenters. The van der Waals surface area contributed by atoms with Crippen LogP contribution in [0.3, 0.4) is 0 Å². The van der Waals surface area contributed by atoms with E-state index in [2.05, 4.69) is 17.6 Å². The Kier molecular flexibility index (Phi) is 7.16. The molecule has 0 aliphatic heterocycles. The maximum absolute atomic E-state index is 12.5. The number of thiophene rings is 1. The summed E-state index contributed by atoms with van der Waals surface area (Å²) in [4.78, 5) is 25.2. The predicted octanol–water partition coefficient (Wildman–Crippen LogP) is 4.52. The average Bonchev–Trinajstić information content (AvgIpc) is 3.36. The molecule has 2 bridgehead atoms. The fourth-order valence-corrected chi connectivity index (χ4v) is 6.25. The molecular weight excluding hydrogens is 408 g/mol. The summed E-state index contributed by atoms with van der Waals surface area (Å²) in [5.74, 6) is 1.39. The number of hydrogen-bond acceptors (Lipinski definition) is 6. The molecule has 2 fully saturated rings. The highest BCUT2D eigenvalue weighted by Crippen LogP contribution is 2.49. The zero-order chi connectivity index (χ0) is 21.1. The standard InChI is InChI=1S/C21H30N2O4S2/c1-5-26-19(24)16-11(3)17(20(25)27-6-2)29-18(16)23-21(28)22-12(4)15-10-13-7-8-14(15)9-13/h12-15H,5-10H2,1-4H3,(H2,22,23,28). The monoisotopic (exact) mass is 438 g/mol. The first-order chi connectivity index (χ1) is 13.8. The topological polar surface area (TPSA) is 76.7 Å². The Bertz CT molecular complexity index is 792. The first-order valence-electron chi connectivity index (χ1n) is 10.4. The Morgan fingerprint density at radius 1 is 1.17 bits per heavy atom. The van der Waals surface area contributed by atoms with Crippen LogP contribution >= 0.6 is 23.6 Å². The lowest BCUT2D eigenvalue weighted by Crippen LogP contribution is -2.42. The molecule has 160 valence electrons. The normalized spacial score (nSPS) is 23.5. The molecule has 0 spiro atoms. The van der Waals surface area contributed by atoms with Crippen LogP contribution in [0.25, 0.3) is 0 Å². The van der Waals surface area contributed by atoms with E-state index in [0.717, 1.165) is 11.8 Å². The third-order valence-corrected chi connectivity index (χ3v) is 7.52. The summed E-state index contributed by atoms with van der Waals surface area (Å²) >= 11 is 6.70. The number of hydrogen-bond donors (Lipinski definition) is 2. The van der Waals surface area contributed by atoms with E-state index in [1.807, 2.05) is 0 Å².